The van der Waals surface area contributed by atoms with E-state index in [1.54, 1.807) is 14.0 Å². The second-order valence-corrected chi connectivity index (χ2v) is 8.89. The third kappa shape index (κ3) is 4.08. The lowest BCUT2D eigenvalue weighted by atomic mass is 10.0. The molecule has 2 aliphatic rings. The summed E-state index contributed by atoms with van der Waals surface area (Å²) < 4.78 is 38.9. The number of carbonyl (C=O) groups is 2. The van der Waals surface area contributed by atoms with E-state index < -0.39 is 22.0 Å². The fourth-order valence-electron chi connectivity index (χ4n) is 3.63. The van der Waals surface area contributed by atoms with Gasteiger partial charge in [-0.3, -0.25) is 4.79 Å². The van der Waals surface area contributed by atoms with Crippen LogP contribution in [0.15, 0.2) is 17.2 Å². The van der Waals surface area contributed by atoms with E-state index in [0.717, 1.165) is 12.8 Å². The average Bonchev–Trinajstić information content (AvgIpc) is 3.11. The molecule has 9 nitrogen and oxygen atoms in total. The molecule has 156 valence electrons. The maximum Gasteiger partial charge on any atom is 0.328 e. The number of piperidine rings is 1. The predicted molar refractivity (Wildman–Crippen MR) is 100 cm³/mol. The largest absolute Gasteiger partial charge is 0.464 e. The van der Waals surface area contributed by atoms with Crippen LogP contribution < -0.4 is 0 Å². The monoisotopic (exact) mass is 413 g/mol. The van der Waals surface area contributed by atoms with Gasteiger partial charge in [-0.05, 0) is 32.3 Å². The Morgan fingerprint density at radius 2 is 1.93 bits per heavy atom. The Kier molecular flexibility index (Phi) is 6.41. The Labute approximate surface area is 165 Å². The summed E-state index contributed by atoms with van der Waals surface area (Å²) >= 11 is 0. The second kappa shape index (κ2) is 8.62. The molecule has 28 heavy (non-hydrogen) atoms. The number of sulfonamides is 1. The van der Waals surface area contributed by atoms with E-state index in [4.69, 9.17) is 9.47 Å². The minimum absolute atomic E-state index is 0.0740. The molecule has 1 atom stereocenters. The first kappa shape index (κ1) is 20.8. The van der Waals surface area contributed by atoms with Gasteiger partial charge in [-0.15, -0.1) is 0 Å². The van der Waals surface area contributed by atoms with Crippen molar-refractivity contribution >= 4 is 21.9 Å². The minimum atomic E-state index is -3.70. The third-order valence-electron chi connectivity index (χ3n) is 5.13. The smallest absolute Gasteiger partial charge is 0.328 e. The highest BCUT2D eigenvalue weighted by atomic mass is 32.2. The van der Waals surface area contributed by atoms with E-state index in [1.807, 2.05) is 0 Å². The molecule has 0 N–H and O–H groups in total. The van der Waals surface area contributed by atoms with Crippen molar-refractivity contribution in [1.29, 1.82) is 0 Å². The number of rotatable bonds is 5. The van der Waals surface area contributed by atoms with E-state index in [-0.39, 0.29) is 36.2 Å². The molecule has 1 aromatic rings. The van der Waals surface area contributed by atoms with Crippen LogP contribution in [-0.2, 0) is 31.3 Å². The zero-order chi connectivity index (χ0) is 20.3. The molecule has 0 radical (unpaired) electrons. The number of ether oxygens (including phenoxy) is 2. The molecular formula is C18H27N3O6S. The molecule has 1 unspecified atom stereocenters. The van der Waals surface area contributed by atoms with Gasteiger partial charge in [0, 0.05) is 32.9 Å². The highest BCUT2D eigenvalue weighted by molar-refractivity contribution is 7.89. The molecule has 0 saturated carbocycles. The number of amides is 1. The molecule has 10 heteroatoms. The molecule has 0 aliphatic carbocycles. The van der Waals surface area contributed by atoms with Crippen molar-refractivity contribution in [2.75, 3.05) is 39.5 Å². The SMILES string of the molecule is CCOC(=O)C1CCCCN1C(=O)c1cc(S(=O)(=O)N2CCOCC2)cn1C. The molecular weight excluding hydrogens is 386 g/mol. The Balaban J connectivity index is 1.85. The van der Waals surface area contributed by atoms with Gasteiger partial charge in [0.05, 0.1) is 19.8 Å². The van der Waals surface area contributed by atoms with Crippen molar-refractivity contribution < 1.29 is 27.5 Å². The molecule has 0 spiro atoms. The first-order chi connectivity index (χ1) is 13.4. The molecule has 0 aromatic carbocycles. The maximum absolute atomic E-state index is 13.1. The molecule has 3 heterocycles. The lowest BCUT2D eigenvalue weighted by molar-refractivity contribution is -0.149. The van der Waals surface area contributed by atoms with Crippen LogP contribution in [0, 0.1) is 0 Å². The van der Waals surface area contributed by atoms with E-state index in [1.165, 1.54) is 26.0 Å². The van der Waals surface area contributed by atoms with Gasteiger partial charge in [0.15, 0.2) is 0 Å². The maximum atomic E-state index is 13.1. The summed E-state index contributed by atoms with van der Waals surface area (Å²) in [6.45, 7) is 3.71. The number of nitrogens with zero attached hydrogens (tertiary/aromatic N) is 3. The average molecular weight is 413 g/mol. The van der Waals surface area contributed by atoms with Crippen molar-refractivity contribution in [3.05, 3.63) is 18.0 Å². The summed E-state index contributed by atoms with van der Waals surface area (Å²) in [5, 5.41) is 0. The summed E-state index contributed by atoms with van der Waals surface area (Å²) in [7, 11) is -2.06. The highest BCUT2D eigenvalue weighted by Gasteiger charge is 2.36. The van der Waals surface area contributed by atoms with Crippen LogP contribution >= 0.6 is 0 Å². The third-order valence-corrected chi connectivity index (χ3v) is 6.99. The van der Waals surface area contributed by atoms with Gasteiger partial charge in [-0.2, -0.15) is 4.31 Å². The minimum Gasteiger partial charge on any atom is -0.464 e. The summed E-state index contributed by atoms with van der Waals surface area (Å²) in [6, 6.07) is 0.764. The predicted octanol–water partition coefficient (Wildman–Crippen LogP) is 0.604. The zero-order valence-electron chi connectivity index (χ0n) is 16.3. The standard InChI is InChI=1S/C18H27N3O6S/c1-3-27-18(23)15-6-4-5-7-21(15)17(22)16-12-14(13-19(16)2)28(24,25)20-8-10-26-11-9-20/h12-13,15H,3-11H2,1-2H3. The topological polar surface area (TPSA) is 98.2 Å². The van der Waals surface area contributed by atoms with Crippen LogP contribution in [0.25, 0.3) is 0 Å². The number of hydrogen-bond acceptors (Lipinski definition) is 6. The molecule has 0 bridgehead atoms. The summed E-state index contributed by atoms with van der Waals surface area (Å²) in [5.74, 6) is -0.769. The van der Waals surface area contributed by atoms with Gasteiger partial charge < -0.3 is 18.9 Å². The van der Waals surface area contributed by atoms with E-state index in [2.05, 4.69) is 0 Å². The highest BCUT2D eigenvalue weighted by Crippen LogP contribution is 2.24. The van der Waals surface area contributed by atoms with Crippen molar-refractivity contribution in [1.82, 2.24) is 13.8 Å². The van der Waals surface area contributed by atoms with Crippen molar-refractivity contribution in [2.24, 2.45) is 7.05 Å². The van der Waals surface area contributed by atoms with Crippen molar-refractivity contribution in [2.45, 2.75) is 37.1 Å². The Morgan fingerprint density at radius 1 is 1.21 bits per heavy atom. The van der Waals surface area contributed by atoms with Crippen LogP contribution in [0.3, 0.4) is 0 Å². The van der Waals surface area contributed by atoms with E-state index >= 15 is 0 Å². The summed E-state index contributed by atoms with van der Waals surface area (Å²) in [4.78, 5) is 27.0. The van der Waals surface area contributed by atoms with Crippen LogP contribution in [0.5, 0.6) is 0 Å². The zero-order valence-corrected chi connectivity index (χ0v) is 17.1. The Morgan fingerprint density at radius 3 is 2.61 bits per heavy atom. The number of likely N-dealkylation sites (tertiary alicyclic amines) is 1. The van der Waals surface area contributed by atoms with Gasteiger partial charge in [0.1, 0.15) is 16.6 Å². The molecule has 2 saturated heterocycles. The van der Waals surface area contributed by atoms with E-state index in [9.17, 15) is 18.0 Å². The van der Waals surface area contributed by atoms with Gasteiger partial charge in [-0.25, -0.2) is 13.2 Å². The summed E-state index contributed by atoms with van der Waals surface area (Å²) in [5.41, 5.74) is 0.239. The lowest BCUT2D eigenvalue weighted by Gasteiger charge is -2.34. The number of hydrogen-bond donors (Lipinski definition) is 0. The van der Waals surface area contributed by atoms with Crippen LogP contribution in [0.1, 0.15) is 36.7 Å². The lowest BCUT2D eigenvalue weighted by Crippen LogP contribution is -2.49. The molecule has 1 amide bonds. The van der Waals surface area contributed by atoms with Crippen LogP contribution in [-0.4, -0.2) is 79.6 Å². The van der Waals surface area contributed by atoms with Gasteiger partial charge in [0.25, 0.3) is 5.91 Å². The van der Waals surface area contributed by atoms with Gasteiger partial charge in [0.2, 0.25) is 10.0 Å². The molecule has 2 aliphatic heterocycles. The number of morpholine rings is 1. The Bertz CT molecular complexity index is 828. The number of esters is 1. The number of carbonyl (C=O) groups excluding carboxylic acids is 2. The normalized spacial score (nSPS) is 21.5. The van der Waals surface area contributed by atoms with Crippen molar-refractivity contribution in [3.63, 3.8) is 0 Å². The van der Waals surface area contributed by atoms with Gasteiger partial charge >= 0.3 is 5.97 Å². The fourth-order valence-corrected chi connectivity index (χ4v) is 5.11. The van der Waals surface area contributed by atoms with Crippen LogP contribution in [0.2, 0.25) is 0 Å². The van der Waals surface area contributed by atoms with Crippen LogP contribution in [0.4, 0.5) is 0 Å². The number of aryl methyl sites for hydroxylation is 1. The fraction of sp³-hybridized carbons (Fsp3) is 0.667. The second-order valence-electron chi connectivity index (χ2n) is 6.95. The van der Waals surface area contributed by atoms with Gasteiger partial charge in [-0.1, -0.05) is 0 Å². The van der Waals surface area contributed by atoms with Crippen molar-refractivity contribution in [3.8, 4) is 0 Å². The number of aromatic nitrogens is 1. The van der Waals surface area contributed by atoms with E-state index in [0.29, 0.717) is 26.2 Å². The molecule has 2 fully saturated rings. The first-order valence-corrected chi connectivity index (χ1v) is 11.0. The first-order valence-electron chi connectivity index (χ1n) is 9.58. The quantitative estimate of drug-likeness (QED) is 0.656. The molecule has 3 rings (SSSR count). The molecule has 1 aromatic heterocycles. The Hall–Kier alpha value is -1.91. The summed E-state index contributed by atoms with van der Waals surface area (Å²) in [6.07, 6.45) is 3.64.